The Hall–Kier alpha value is -1.63. The summed E-state index contributed by atoms with van der Waals surface area (Å²) >= 11 is 5.95. The van der Waals surface area contributed by atoms with Crippen LogP contribution in [-0.4, -0.2) is 77.4 Å². The molecule has 1 aromatic rings. The first kappa shape index (κ1) is 26.0. The van der Waals surface area contributed by atoms with Crippen LogP contribution in [-0.2, 0) is 16.0 Å². The molecule has 2 saturated heterocycles. The van der Waals surface area contributed by atoms with Crippen molar-refractivity contribution in [3.63, 3.8) is 0 Å². The minimum absolute atomic E-state index is 0.132. The second-order valence-electron chi connectivity index (χ2n) is 10.0. The molecule has 1 aromatic carbocycles. The van der Waals surface area contributed by atoms with Gasteiger partial charge in [0.05, 0.1) is 12.5 Å². The maximum Gasteiger partial charge on any atom is 0.234 e. The molecule has 183 valence electrons. The Balaban J connectivity index is 1.50. The van der Waals surface area contributed by atoms with E-state index in [2.05, 4.69) is 23.6 Å². The monoisotopic (exact) mass is 475 g/mol. The molecule has 0 spiro atoms. The summed E-state index contributed by atoms with van der Waals surface area (Å²) in [7, 11) is 0. The number of halogens is 1. The molecule has 0 saturated carbocycles. The summed E-state index contributed by atoms with van der Waals surface area (Å²) in [6.07, 6.45) is 6.61. The fraction of sp³-hybridized carbons (Fsp3) is 0.654. The summed E-state index contributed by atoms with van der Waals surface area (Å²) < 4.78 is 0. The summed E-state index contributed by atoms with van der Waals surface area (Å²) in [5.74, 6) is 0.491. The average Bonchev–Trinajstić information content (AvgIpc) is 2.81. The van der Waals surface area contributed by atoms with Crippen molar-refractivity contribution in [2.75, 3.05) is 32.7 Å². The van der Waals surface area contributed by atoms with Gasteiger partial charge in [-0.05, 0) is 62.6 Å². The standard InChI is InChI=1S/C26H40ClN4O2/c1-19(2)18-31(23-10-14-29(15-11-23)20(3)26(28)33)24-12-16-30(17-13-24)25(32)9-6-21-4-7-22(27)8-5-21/h4-5,7-9,19-20,23-24H,6,10-18H2,1-3H3,(H2,28,33)/t20-/m1/s1. The normalized spacial score (nSPS) is 19.9. The number of nitrogens with zero attached hydrogens (tertiary/aromatic N) is 3. The lowest BCUT2D eigenvalue weighted by atomic mass is 9.94. The summed E-state index contributed by atoms with van der Waals surface area (Å²) in [6, 6.07) is 8.52. The number of likely N-dealkylation sites (tertiary alicyclic amines) is 2. The second kappa shape index (κ2) is 12.2. The Morgan fingerprint density at radius 3 is 2.09 bits per heavy atom. The van der Waals surface area contributed by atoms with E-state index in [4.69, 9.17) is 17.3 Å². The van der Waals surface area contributed by atoms with Crippen LogP contribution in [0.5, 0.6) is 0 Å². The minimum Gasteiger partial charge on any atom is -0.368 e. The van der Waals surface area contributed by atoms with Crippen molar-refractivity contribution in [2.45, 2.75) is 71.0 Å². The van der Waals surface area contributed by atoms with Crippen molar-refractivity contribution >= 4 is 23.4 Å². The van der Waals surface area contributed by atoms with E-state index in [1.165, 1.54) is 0 Å². The average molecular weight is 476 g/mol. The van der Waals surface area contributed by atoms with E-state index in [-0.39, 0.29) is 17.9 Å². The molecular formula is C26H40ClN4O2. The molecule has 0 bridgehead atoms. The van der Waals surface area contributed by atoms with E-state index >= 15 is 0 Å². The molecule has 2 heterocycles. The van der Waals surface area contributed by atoms with Crippen molar-refractivity contribution in [3.05, 3.63) is 41.3 Å². The molecule has 1 atom stereocenters. The van der Waals surface area contributed by atoms with Gasteiger partial charge in [0.25, 0.3) is 0 Å². The van der Waals surface area contributed by atoms with E-state index < -0.39 is 0 Å². The van der Waals surface area contributed by atoms with Gasteiger partial charge in [-0.3, -0.25) is 19.4 Å². The van der Waals surface area contributed by atoms with Crippen LogP contribution >= 0.6 is 11.6 Å². The third-order valence-corrected chi connectivity index (χ3v) is 7.43. The third-order valence-electron chi connectivity index (χ3n) is 7.17. The smallest absolute Gasteiger partial charge is 0.234 e. The van der Waals surface area contributed by atoms with Gasteiger partial charge in [0, 0.05) is 49.8 Å². The van der Waals surface area contributed by atoms with Gasteiger partial charge in [0.2, 0.25) is 11.8 Å². The van der Waals surface area contributed by atoms with Crippen LogP contribution in [0.2, 0.25) is 5.02 Å². The molecule has 2 fully saturated rings. The highest BCUT2D eigenvalue weighted by Crippen LogP contribution is 2.26. The van der Waals surface area contributed by atoms with Gasteiger partial charge < -0.3 is 10.6 Å². The van der Waals surface area contributed by atoms with Crippen LogP contribution < -0.4 is 5.73 Å². The van der Waals surface area contributed by atoms with Crippen LogP contribution in [0.4, 0.5) is 0 Å². The summed E-state index contributed by atoms with van der Waals surface area (Å²) in [5, 5.41) is 0.714. The molecule has 2 amide bonds. The molecule has 7 heteroatoms. The molecule has 0 aliphatic carbocycles. The topological polar surface area (TPSA) is 69.9 Å². The van der Waals surface area contributed by atoms with E-state index in [1.54, 1.807) is 6.42 Å². The Bertz CT molecular complexity index is 769. The van der Waals surface area contributed by atoms with Gasteiger partial charge in [0.1, 0.15) is 0 Å². The Kier molecular flexibility index (Phi) is 9.59. The minimum atomic E-state index is -0.239. The molecule has 2 aliphatic rings. The lowest BCUT2D eigenvalue weighted by molar-refractivity contribution is -0.129. The van der Waals surface area contributed by atoms with Crippen molar-refractivity contribution in [1.82, 2.24) is 14.7 Å². The van der Waals surface area contributed by atoms with Gasteiger partial charge in [-0.2, -0.15) is 0 Å². The molecule has 2 aliphatic heterocycles. The molecule has 2 N–H and O–H groups in total. The number of nitrogens with two attached hydrogens (primary N) is 1. The lowest BCUT2D eigenvalue weighted by Crippen LogP contribution is -2.55. The molecule has 33 heavy (non-hydrogen) atoms. The quantitative estimate of drug-likeness (QED) is 0.594. The van der Waals surface area contributed by atoms with Gasteiger partial charge in [-0.1, -0.05) is 37.6 Å². The summed E-state index contributed by atoms with van der Waals surface area (Å²) in [6.45, 7) is 11.0. The maximum absolute atomic E-state index is 12.7. The van der Waals surface area contributed by atoms with E-state index in [0.29, 0.717) is 29.4 Å². The second-order valence-corrected chi connectivity index (χ2v) is 10.5. The predicted molar refractivity (Wildman–Crippen MR) is 134 cm³/mol. The summed E-state index contributed by atoms with van der Waals surface area (Å²) in [5.41, 5.74) is 6.61. The number of piperidine rings is 2. The highest BCUT2D eigenvalue weighted by molar-refractivity contribution is 6.30. The van der Waals surface area contributed by atoms with Crippen molar-refractivity contribution in [1.29, 1.82) is 0 Å². The van der Waals surface area contributed by atoms with E-state index in [9.17, 15) is 9.59 Å². The zero-order chi connectivity index (χ0) is 24.0. The van der Waals surface area contributed by atoms with Gasteiger partial charge in [-0.15, -0.1) is 0 Å². The number of amides is 2. The maximum atomic E-state index is 12.7. The fourth-order valence-corrected chi connectivity index (χ4v) is 5.30. The van der Waals surface area contributed by atoms with Crippen LogP contribution in [0.3, 0.4) is 0 Å². The van der Waals surface area contributed by atoms with Gasteiger partial charge >= 0.3 is 0 Å². The van der Waals surface area contributed by atoms with Crippen LogP contribution in [0.15, 0.2) is 24.3 Å². The van der Waals surface area contributed by atoms with Crippen LogP contribution in [0, 0.1) is 12.3 Å². The first-order valence-electron chi connectivity index (χ1n) is 12.4. The van der Waals surface area contributed by atoms with Crippen molar-refractivity contribution in [3.8, 4) is 0 Å². The highest BCUT2D eigenvalue weighted by Gasteiger charge is 2.34. The molecule has 3 rings (SSSR count). The first-order valence-corrected chi connectivity index (χ1v) is 12.8. The number of hydrogen-bond donors (Lipinski definition) is 1. The first-order chi connectivity index (χ1) is 15.7. The number of primary amides is 1. The molecule has 0 aromatic heterocycles. The predicted octanol–water partition coefficient (Wildman–Crippen LogP) is 3.37. The Labute approximate surface area is 204 Å². The zero-order valence-electron chi connectivity index (χ0n) is 20.4. The summed E-state index contributed by atoms with van der Waals surface area (Å²) in [4.78, 5) is 31.2. The number of hydrogen-bond acceptors (Lipinski definition) is 4. The van der Waals surface area contributed by atoms with Crippen LogP contribution in [0.1, 0.15) is 52.0 Å². The zero-order valence-corrected chi connectivity index (χ0v) is 21.1. The Morgan fingerprint density at radius 1 is 1.03 bits per heavy atom. The van der Waals surface area contributed by atoms with E-state index in [1.807, 2.05) is 36.1 Å². The fourth-order valence-electron chi connectivity index (χ4n) is 5.18. The highest BCUT2D eigenvalue weighted by atomic mass is 35.5. The lowest BCUT2D eigenvalue weighted by Gasteiger charge is -2.46. The Morgan fingerprint density at radius 2 is 1.58 bits per heavy atom. The third kappa shape index (κ3) is 7.43. The van der Waals surface area contributed by atoms with Gasteiger partial charge in [-0.25, -0.2) is 0 Å². The van der Waals surface area contributed by atoms with Crippen LogP contribution in [0.25, 0.3) is 0 Å². The van der Waals surface area contributed by atoms with Crippen molar-refractivity contribution < 1.29 is 9.59 Å². The van der Waals surface area contributed by atoms with Gasteiger partial charge in [0.15, 0.2) is 0 Å². The number of benzene rings is 1. The largest absolute Gasteiger partial charge is 0.368 e. The molecule has 6 nitrogen and oxygen atoms in total. The number of carbonyl (C=O) groups is 2. The molecule has 0 unspecified atom stereocenters. The number of carbonyl (C=O) groups excluding carboxylic acids is 2. The van der Waals surface area contributed by atoms with Crippen molar-refractivity contribution in [2.24, 2.45) is 11.7 Å². The van der Waals surface area contributed by atoms with E-state index in [0.717, 1.165) is 64.0 Å². The molecular weight excluding hydrogens is 436 g/mol. The number of rotatable bonds is 9. The molecule has 1 radical (unpaired) electrons. The SMILES string of the molecule is CC(C)CN(C1CCN(C(=O)[CH]Cc2ccc(Cl)cc2)CC1)C1CCN([C@H](C)C(N)=O)CC1.